The van der Waals surface area contributed by atoms with Crippen molar-refractivity contribution in [2.75, 3.05) is 37.0 Å². The second-order valence-corrected chi connectivity index (χ2v) is 9.81. The molecule has 0 aliphatic carbocycles. The molecule has 16 heteroatoms. The molecular formula is C15H25F4N7O2S3. The van der Waals surface area contributed by atoms with Gasteiger partial charge in [0.1, 0.15) is 6.54 Å². The molecule has 1 rings (SSSR count). The first-order chi connectivity index (χ1) is 14.5. The molecule has 0 aromatic carbocycles. The summed E-state index contributed by atoms with van der Waals surface area (Å²) in [4.78, 5) is 11.3. The molecule has 31 heavy (non-hydrogen) atoms. The standard InChI is InChI=1S/C15H25F4N7O2S3/c1-3-6-31(27,28)26-13(21-2)22-4-5-29-7-10-8-30-14(24-10)25-12(20)23-9-15(18,19)11(16)17/h8,11H,3-7,9H2,1-2H3,(H2,21,22,26)(H3,20,23,24,25). The van der Waals surface area contributed by atoms with Gasteiger partial charge in [0, 0.05) is 30.5 Å². The summed E-state index contributed by atoms with van der Waals surface area (Å²) >= 11 is 2.67. The van der Waals surface area contributed by atoms with Crippen molar-refractivity contribution in [1.29, 1.82) is 0 Å². The van der Waals surface area contributed by atoms with E-state index in [1.54, 1.807) is 12.3 Å². The topological polar surface area (TPSA) is 134 Å². The number of halogens is 4. The number of anilines is 1. The highest BCUT2D eigenvalue weighted by Gasteiger charge is 2.40. The van der Waals surface area contributed by atoms with Crippen molar-refractivity contribution >= 4 is 50.2 Å². The number of sulfonamides is 1. The molecule has 0 radical (unpaired) electrons. The summed E-state index contributed by atoms with van der Waals surface area (Å²) in [5.41, 5.74) is 6.11. The van der Waals surface area contributed by atoms with E-state index in [9.17, 15) is 26.0 Å². The van der Waals surface area contributed by atoms with E-state index in [0.29, 0.717) is 35.3 Å². The Balaban J connectivity index is 2.38. The van der Waals surface area contributed by atoms with E-state index >= 15 is 0 Å². The molecule has 1 aromatic heterocycles. The molecule has 0 aliphatic rings. The molecule has 0 bridgehead atoms. The van der Waals surface area contributed by atoms with Crippen molar-refractivity contribution in [2.45, 2.75) is 31.4 Å². The van der Waals surface area contributed by atoms with Crippen LogP contribution in [0, 0.1) is 0 Å². The highest BCUT2D eigenvalue weighted by Crippen LogP contribution is 2.23. The predicted octanol–water partition coefficient (Wildman–Crippen LogP) is 1.91. The minimum Gasteiger partial charge on any atom is -0.370 e. The first-order valence-electron chi connectivity index (χ1n) is 8.95. The van der Waals surface area contributed by atoms with Gasteiger partial charge in [-0.2, -0.15) is 20.5 Å². The van der Waals surface area contributed by atoms with Crippen LogP contribution in [0.25, 0.3) is 0 Å². The minimum absolute atomic E-state index is 0.00646. The van der Waals surface area contributed by atoms with Crippen LogP contribution in [0.2, 0.25) is 0 Å². The average molecular weight is 508 g/mol. The molecular weight excluding hydrogens is 482 g/mol. The van der Waals surface area contributed by atoms with Crippen LogP contribution in [0.5, 0.6) is 0 Å². The number of alkyl halides is 4. The zero-order chi connectivity index (χ0) is 23.5. The van der Waals surface area contributed by atoms with Crippen LogP contribution in [0.3, 0.4) is 0 Å². The Kier molecular flexibility index (Phi) is 11.3. The fourth-order valence-corrected chi connectivity index (χ4v) is 4.55. The van der Waals surface area contributed by atoms with Gasteiger partial charge >= 0.3 is 12.3 Å². The zero-order valence-corrected chi connectivity index (χ0v) is 19.3. The van der Waals surface area contributed by atoms with Crippen molar-refractivity contribution in [3.8, 4) is 0 Å². The lowest BCUT2D eigenvalue weighted by atomic mass is 10.3. The van der Waals surface area contributed by atoms with Crippen LogP contribution < -0.4 is 21.1 Å². The van der Waals surface area contributed by atoms with Gasteiger partial charge in [0.25, 0.3) is 0 Å². The maximum absolute atomic E-state index is 12.8. The van der Waals surface area contributed by atoms with Crippen molar-refractivity contribution in [2.24, 2.45) is 15.7 Å². The lowest BCUT2D eigenvalue weighted by Gasteiger charge is -2.12. The van der Waals surface area contributed by atoms with Crippen molar-refractivity contribution in [1.82, 2.24) is 15.0 Å². The van der Waals surface area contributed by atoms with E-state index < -0.39 is 34.9 Å². The highest BCUT2D eigenvalue weighted by atomic mass is 32.2. The van der Waals surface area contributed by atoms with Gasteiger partial charge < -0.3 is 16.4 Å². The van der Waals surface area contributed by atoms with Gasteiger partial charge in [-0.3, -0.25) is 9.71 Å². The Morgan fingerprint density at radius 2 is 2.13 bits per heavy atom. The largest absolute Gasteiger partial charge is 0.370 e. The fraction of sp³-hybridized carbons (Fsp3) is 0.667. The van der Waals surface area contributed by atoms with Crippen LogP contribution >= 0.6 is 23.1 Å². The number of guanidine groups is 2. The lowest BCUT2D eigenvalue weighted by molar-refractivity contribution is -0.119. The van der Waals surface area contributed by atoms with E-state index in [-0.39, 0.29) is 11.7 Å². The van der Waals surface area contributed by atoms with Crippen LogP contribution in [0.1, 0.15) is 19.0 Å². The minimum atomic E-state index is -4.25. The summed E-state index contributed by atoms with van der Waals surface area (Å²) < 4.78 is 75.7. The molecule has 1 aromatic rings. The number of nitrogens with one attached hydrogen (secondary N) is 3. The van der Waals surface area contributed by atoms with E-state index in [1.807, 2.05) is 0 Å². The summed E-state index contributed by atoms with van der Waals surface area (Å²) in [5.74, 6) is -3.35. The summed E-state index contributed by atoms with van der Waals surface area (Å²) in [6, 6.07) is 0. The number of thiazole rings is 1. The number of aromatic nitrogens is 1. The molecule has 0 saturated heterocycles. The fourth-order valence-electron chi connectivity index (χ4n) is 1.89. The number of hydrogen-bond acceptors (Lipinski definition) is 7. The summed E-state index contributed by atoms with van der Waals surface area (Å²) in [6.07, 6.45) is -3.33. The maximum atomic E-state index is 12.8. The third-order valence-electron chi connectivity index (χ3n) is 3.30. The summed E-state index contributed by atoms with van der Waals surface area (Å²) in [6.45, 7) is 0.792. The molecule has 178 valence electrons. The molecule has 1 heterocycles. The van der Waals surface area contributed by atoms with E-state index in [4.69, 9.17) is 5.73 Å². The number of rotatable bonds is 12. The molecule has 0 amide bonds. The zero-order valence-electron chi connectivity index (χ0n) is 16.9. The van der Waals surface area contributed by atoms with Gasteiger partial charge in [0.2, 0.25) is 16.0 Å². The Morgan fingerprint density at radius 3 is 2.74 bits per heavy atom. The highest BCUT2D eigenvalue weighted by molar-refractivity contribution is 7.98. The number of aliphatic imine (C=N–C) groups is 2. The van der Waals surface area contributed by atoms with E-state index in [1.165, 1.54) is 18.8 Å². The molecule has 9 nitrogen and oxygen atoms in total. The van der Waals surface area contributed by atoms with Gasteiger partial charge in [-0.15, -0.1) is 11.3 Å². The van der Waals surface area contributed by atoms with Gasteiger partial charge in [-0.1, -0.05) is 6.92 Å². The maximum Gasteiger partial charge on any atom is 0.326 e. The van der Waals surface area contributed by atoms with Crippen LogP contribution in [0.4, 0.5) is 22.7 Å². The van der Waals surface area contributed by atoms with Crippen LogP contribution in [-0.2, 0) is 15.8 Å². The second-order valence-electron chi connectivity index (χ2n) is 6.00. The quantitative estimate of drug-likeness (QED) is 0.147. The smallest absolute Gasteiger partial charge is 0.326 e. The summed E-state index contributed by atoms with van der Waals surface area (Å²) in [7, 11) is -1.95. The number of thioether (sulfide) groups is 1. The number of nitrogens with two attached hydrogens (primary N) is 1. The molecule has 0 atom stereocenters. The van der Waals surface area contributed by atoms with Gasteiger partial charge in [-0.25, -0.2) is 27.2 Å². The first kappa shape index (κ1) is 27.2. The Morgan fingerprint density at radius 1 is 1.42 bits per heavy atom. The van der Waals surface area contributed by atoms with Gasteiger partial charge in [0.15, 0.2) is 11.1 Å². The van der Waals surface area contributed by atoms with Crippen molar-refractivity contribution < 1.29 is 26.0 Å². The number of hydrogen-bond donors (Lipinski definition) is 4. The molecule has 0 spiro atoms. The molecule has 0 unspecified atom stereocenters. The van der Waals surface area contributed by atoms with E-state index in [2.05, 4.69) is 30.3 Å². The Labute approximate surface area is 186 Å². The van der Waals surface area contributed by atoms with Crippen LogP contribution in [-0.4, -0.2) is 69.3 Å². The van der Waals surface area contributed by atoms with Crippen molar-refractivity contribution in [3.63, 3.8) is 0 Å². The van der Waals surface area contributed by atoms with E-state index in [0.717, 1.165) is 11.3 Å². The third-order valence-corrected chi connectivity index (χ3v) is 6.55. The van der Waals surface area contributed by atoms with Gasteiger partial charge in [0.05, 0.1) is 11.4 Å². The summed E-state index contributed by atoms with van der Waals surface area (Å²) in [5, 5.41) is 7.40. The Hall–Kier alpha value is -1.81. The van der Waals surface area contributed by atoms with Gasteiger partial charge in [-0.05, 0) is 6.42 Å². The monoisotopic (exact) mass is 507 g/mol. The molecule has 0 fully saturated rings. The molecule has 0 aliphatic heterocycles. The van der Waals surface area contributed by atoms with Crippen molar-refractivity contribution in [3.05, 3.63) is 11.1 Å². The third kappa shape index (κ3) is 10.9. The molecule has 0 saturated carbocycles. The lowest BCUT2D eigenvalue weighted by Crippen LogP contribution is -2.42. The predicted molar refractivity (Wildman–Crippen MR) is 118 cm³/mol. The average Bonchev–Trinajstić information content (AvgIpc) is 3.12. The first-order valence-corrected chi connectivity index (χ1v) is 12.6. The second kappa shape index (κ2) is 12.9. The Bertz CT molecular complexity index is 847. The molecule has 5 N–H and O–H groups in total. The van der Waals surface area contributed by atoms with Crippen LogP contribution in [0.15, 0.2) is 15.4 Å². The number of nitrogens with zero attached hydrogens (tertiary/aromatic N) is 3. The SMILES string of the molecule is CCCS(=O)(=O)NC(=NC)NCCSCc1csc(NC(N)=NCC(F)(F)C(F)F)n1. The normalized spacial score (nSPS) is 13.5.